The van der Waals surface area contributed by atoms with Crippen LogP contribution in [0.2, 0.25) is 0 Å². The molecule has 0 spiro atoms. The lowest BCUT2D eigenvalue weighted by Gasteiger charge is -2.24. The normalized spacial score (nSPS) is 25.1. The molecule has 15 heavy (non-hydrogen) atoms. The van der Waals surface area contributed by atoms with E-state index in [1.54, 1.807) is 0 Å². The van der Waals surface area contributed by atoms with Gasteiger partial charge in [0.2, 0.25) is 0 Å². The van der Waals surface area contributed by atoms with E-state index in [4.69, 9.17) is 5.11 Å². The summed E-state index contributed by atoms with van der Waals surface area (Å²) in [5, 5.41) is 19.1. The molecular formula is C11H13O4. The van der Waals surface area contributed by atoms with Crippen molar-refractivity contribution >= 4 is 11.9 Å². The lowest BCUT2D eigenvalue weighted by molar-refractivity contribution is -0.150. The van der Waals surface area contributed by atoms with Gasteiger partial charge < -0.3 is 5.11 Å². The summed E-state index contributed by atoms with van der Waals surface area (Å²) in [6.45, 7) is 0. The van der Waals surface area contributed by atoms with Crippen molar-refractivity contribution in [2.24, 2.45) is 11.8 Å². The van der Waals surface area contributed by atoms with Gasteiger partial charge in [0.25, 0.3) is 0 Å². The Kier molecular flexibility index (Phi) is 4.13. The largest absolute Gasteiger partial charge is 0.478 e. The molecule has 1 rings (SSSR count). The molecule has 1 aliphatic carbocycles. The minimum Gasteiger partial charge on any atom is -0.478 e. The van der Waals surface area contributed by atoms with E-state index in [0.29, 0.717) is 6.42 Å². The molecule has 1 fully saturated rings. The number of carboxylic acid groups (broad SMARTS) is 1. The quantitative estimate of drug-likeness (QED) is 0.566. The SMILES string of the molecule is [O]C(=O)C1CCCCC1C=C=CC(=O)O. The summed E-state index contributed by atoms with van der Waals surface area (Å²) in [5.41, 5.74) is 2.50. The van der Waals surface area contributed by atoms with Crippen molar-refractivity contribution in [2.75, 3.05) is 0 Å². The Hall–Kier alpha value is -1.54. The zero-order chi connectivity index (χ0) is 11.3. The lowest BCUT2D eigenvalue weighted by Crippen LogP contribution is -2.24. The van der Waals surface area contributed by atoms with Gasteiger partial charge in [-0.3, -0.25) is 0 Å². The molecule has 1 aliphatic rings. The van der Waals surface area contributed by atoms with Crippen LogP contribution in [0.15, 0.2) is 17.9 Å². The van der Waals surface area contributed by atoms with Crippen LogP contribution in [0.4, 0.5) is 0 Å². The van der Waals surface area contributed by atoms with E-state index < -0.39 is 17.9 Å². The van der Waals surface area contributed by atoms with Crippen LogP contribution in [0.1, 0.15) is 25.7 Å². The van der Waals surface area contributed by atoms with E-state index in [2.05, 4.69) is 5.73 Å². The Morgan fingerprint density at radius 3 is 2.53 bits per heavy atom. The highest BCUT2D eigenvalue weighted by Gasteiger charge is 2.30. The van der Waals surface area contributed by atoms with Crippen LogP contribution in [-0.4, -0.2) is 17.0 Å². The standard InChI is InChI=1S/C11H13O4/c12-10(13)7-3-5-8-4-1-2-6-9(8)11(14)15/h5,7-9H,1-2,4,6H2,(H,12,13). The minimum absolute atomic E-state index is 0.139. The molecule has 1 saturated carbocycles. The molecule has 2 unspecified atom stereocenters. The highest BCUT2D eigenvalue weighted by atomic mass is 16.4. The van der Waals surface area contributed by atoms with Gasteiger partial charge in [0.05, 0.1) is 12.0 Å². The first-order chi connectivity index (χ1) is 7.11. The molecule has 0 amide bonds. The van der Waals surface area contributed by atoms with Crippen molar-refractivity contribution in [3.8, 4) is 0 Å². The van der Waals surface area contributed by atoms with E-state index in [0.717, 1.165) is 25.3 Å². The predicted molar refractivity (Wildman–Crippen MR) is 51.4 cm³/mol. The second-order valence-electron chi connectivity index (χ2n) is 3.69. The average molecular weight is 209 g/mol. The van der Waals surface area contributed by atoms with Gasteiger partial charge in [-0.2, -0.15) is 0 Å². The van der Waals surface area contributed by atoms with Gasteiger partial charge in [-0.05, 0) is 24.8 Å². The average Bonchev–Trinajstić information content (AvgIpc) is 2.17. The molecule has 4 heteroatoms. The monoisotopic (exact) mass is 209 g/mol. The number of hydrogen-bond donors (Lipinski definition) is 1. The van der Waals surface area contributed by atoms with E-state index >= 15 is 0 Å². The Morgan fingerprint density at radius 1 is 1.27 bits per heavy atom. The van der Waals surface area contributed by atoms with Gasteiger partial charge in [0, 0.05) is 0 Å². The zero-order valence-electron chi connectivity index (χ0n) is 8.31. The number of rotatable bonds is 3. The summed E-state index contributed by atoms with van der Waals surface area (Å²) in [6, 6.07) is 0. The molecule has 0 aromatic heterocycles. The van der Waals surface area contributed by atoms with Gasteiger partial charge in [0.15, 0.2) is 0 Å². The van der Waals surface area contributed by atoms with E-state index in [1.807, 2.05) is 0 Å². The summed E-state index contributed by atoms with van der Waals surface area (Å²) >= 11 is 0. The van der Waals surface area contributed by atoms with Crippen molar-refractivity contribution in [3.63, 3.8) is 0 Å². The molecule has 0 heterocycles. The maximum atomic E-state index is 10.8. The Bertz CT molecular complexity index is 313. The second-order valence-corrected chi connectivity index (χ2v) is 3.69. The molecule has 0 aromatic rings. The molecule has 2 atom stereocenters. The first-order valence-electron chi connectivity index (χ1n) is 4.97. The van der Waals surface area contributed by atoms with Crippen LogP contribution in [0.25, 0.3) is 0 Å². The molecule has 1 radical (unpaired) electrons. The molecule has 81 valence electrons. The van der Waals surface area contributed by atoms with Gasteiger partial charge in [-0.25, -0.2) is 14.7 Å². The fourth-order valence-corrected chi connectivity index (χ4v) is 1.89. The molecule has 0 aromatic carbocycles. The highest BCUT2D eigenvalue weighted by Crippen LogP contribution is 2.30. The predicted octanol–water partition coefficient (Wildman–Crippen LogP) is 1.55. The van der Waals surface area contributed by atoms with Gasteiger partial charge >= 0.3 is 11.9 Å². The fourth-order valence-electron chi connectivity index (χ4n) is 1.89. The number of hydrogen-bond acceptors (Lipinski definition) is 2. The Labute approximate surface area is 87.9 Å². The van der Waals surface area contributed by atoms with Crippen LogP contribution in [0.5, 0.6) is 0 Å². The molecule has 0 saturated heterocycles. The van der Waals surface area contributed by atoms with Gasteiger partial charge in [-0.1, -0.05) is 12.8 Å². The van der Waals surface area contributed by atoms with Crippen LogP contribution in [0.3, 0.4) is 0 Å². The van der Waals surface area contributed by atoms with Crippen molar-refractivity contribution in [1.29, 1.82) is 0 Å². The van der Waals surface area contributed by atoms with Gasteiger partial charge in [-0.15, -0.1) is 5.73 Å². The maximum absolute atomic E-state index is 10.8. The summed E-state index contributed by atoms with van der Waals surface area (Å²) in [6.07, 6.45) is 5.66. The zero-order valence-corrected chi connectivity index (χ0v) is 8.31. The number of carboxylic acids is 1. The summed E-state index contributed by atoms with van der Waals surface area (Å²) < 4.78 is 0. The van der Waals surface area contributed by atoms with Gasteiger partial charge in [0.1, 0.15) is 0 Å². The fraction of sp³-hybridized carbons (Fsp3) is 0.545. The summed E-state index contributed by atoms with van der Waals surface area (Å²) in [4.78, 5) is 21.0. The molecule has 0 bridgehead atoms. The van der Waals surface area contributed by atoms with E-state index in [9.17, 15) is 14.7 Å². The highest BCUT2D eigenvalue weighted by molar-refractivity contribution is 5.79. The first-order valence-corrected chi connectivity index (χ1v) is 4.97. The van der Waals surface area contributed by atoms with Crippen LogP contribution < -0.4 is 0 Å². The third-order valence-corrected chi connectivity index (χ3v) is 2.64. The Balaban J connectivity index is 2.68. The Morgan fingerprint density at radius 2 is 1.93 bits per heavy atom. The summed E-state index contributed by atoms with van der Waals surface area (Å²) in [5.74, 6) is -2.76. The third-order valence-electron chi connectivity index (χ3n) is 2.64. The van der Waals surface area contributed by atoms with E-state index in [-0.39, 0.29) is 5.92 Å². The smallest absolute Gasteiger partial charge is 0.359 e. The topological polar surface area (TPSA) is 74.3 Å². The van der Waals surface area contributed by atoms with E-state index in [1.165, 1.54) is 6.08 Å². The van der Waals surface area contributed by atoms with Crippen molar-refractivity contribution < 1.29 is 19.8 Å². The second kappa shape index (κ2) is 5.37. The van der Waals surface area contributed by atoms with Crippen molar-refractivity contribution in [2.45, 2.75) is 25.7 Å². The van der Waals surface area contributed by atoms with Crippen LogP contribution in [0, 0.1) is 11.8 Å². The lowest BCUT2D eigenvalue weighted by atomic mass is 9.79. The maximum Gasteiger partial charge on any atom is 0.359 e. The number of carbonyl (C=O) groups excluding carboxylic acids is 1. The summed E-state index contributed by atoms with van der Waals surface area (Å²) in [7, 11) is 0. The van der Waals surface area contributed by atoms with Crippen molar-refractivity contribution in [1.82, 2.24) is 0 Å². The van der Waals surface area contributed by atoms with Crippen molar-refractivity contribution in [3.05, 3.63) is 17.9 Å². The number of aliphatic carboxylic acids is 1. The van der Waals surface area contributed by atoms with Crippen LogP contribution >= 0.6 is 0 Å². The minimum atomic E-state index is -1.08. The first kappa shape index (κ1) is 11.5. The molecule has 1 N–H and O–H groups in total. The third kappa shape index (κ3) is 3.60. The van der Waals surface area contributed by atoms with Crippen LogP contribution in [-0.2, 0) is 14.7 Å². The molecule has 0 aliphatic heterocycles. The molecule has 4 nitrogen and oxygen atoms in total. The number of carbonyl (C=O) groups is 2. The molecular weight excluding hydrogens is 196 g/mol.